The Morgan fingerprint density at radius 2 is 2.16 bits per heavy atom. The van der Waals surface area contributed by atoms with E-state index in [2.05, 4.69) is 5.16 Å². The van der Waals surface area contributed by atoms with E-state index in [0.717, 1.165) is 0 Å². The fourth-order valence-corrected chi connectivity index (χ4v) is 1.71. The maximum absolute atomic E-state index is 12.4. The second-order valence-corrected chi connectivity index (χ2v) is 4.03. The Bertz CT molecular complexity index is 455. The molecule has 0 bridgehead atoms. The third kappa shape index (κ3) is 3.78. The van der Waals surface area contributed by atoms with E-state index >= 15 is 0 Å². The number of carbonyl (C=O) groups excluding carboxylic acids is 1. The number of ether oxygens (including phenoxy) is 1. The summed E-state index contributed by atoms with van der Waals surface area (Å²) >= 11 is 0. The quantitative estimate of drug-likeness (QED) is 0.784. The highest BCUT2D eigenvalue weighted by atomic mass is 16.5. The first-order valence-corrected chi connectivity index (χ1v) is 5.96. The highest BCUT2D eigenvalue weighted by Gasteiger charge is 2.25. The van der Waals surface area contributed by atoms with Crippen molar-refractivity contribution in [2.24, 2.45) is 0 Å². The predicted molar refractivity (Wildman–Crippen MR) is 66.0 cm³/mol. The third-order valence-electron chi connectivity index (χ3n) is 2.66. The summed E-state index contributed by atoms with van der Waals surface area (Å²) in [5, 5.41) is 12.6. The van der Waals surface area contributed by atoms with Crippen LogP contribution in [0.2, 0.25) is 0 Å². The van der Waals surface area contributed by atoms with Crippen molar-refractivity contribution < 1.29 is 24.0 Å². The van der Waals surface area contributed by atoms with Crippen molar-refractivity contribution in [2.75, 3.05) is 26.8 Å². The summed E-state index contributed by atoms with van der Waals surface area (Å²) in [6.07, 6.45) is 0.545. The smallest absolute Gasteiger partial charge is 0.323 e. The average molecular weight is 270 g/mol. The van der Waals surface area contributed by atoms with Gasteiger partial charge < -0.3 is 19.3 Å². The van der Waals surface area contributed by atoms with Crippen molar-refractivity contribution in [3.63, 3.8) is 0 Å². The zero-order chi connectivity index (χ0) is 14.4. The standard InChI is InChI=1S/C12H18N2O5/c1-4-9-11(8(2)19-13-9)12(17)14(5-6-18-3)7-10(15)16/h4-7H2,1-3H3,(H,15,16). The van der Waals surface area contributed by atoms with Crippen molar-refractivity contribution in [3.8, 4) is 0 Å². The van der Waals surface area contributed by atoms with Crippen LogP contribution < -0.4 is 0 Å². The van der Waals surface area contributed by atoms with Crippen LogP contribution in [-0.2, 0) is 16.0 Å². The van der Waals surface area contributed by atoms with Gasteiger partial charge in [-0.2, -0.15) is 0 Å². The van der Waals surface area contributed by atoms with Crippen LogP contribution in [0.5, 0.6) is 0 Å². The van der Waals surface area contributed by atoms with Crippen molar-refractivity contribution >= 4 is 11.9 Å². The number of carbonyl (C=O) groups is 2. The van der Waals surface area contributed by atoms with Crippen molar-refractivity contribution in [3.05, 3.63) is 17.0 Å². The van der Waals surface area contributed by atoms with Gasteiger partial charge in [-0.05, 0) is 13.3 Å². The number of amides is 1. The molecule has 0 unspecified atom stereocenters. The zero-order valence-corrected chi connectivity index (χ0v) is 11.3. The number of methoxy groups -OCH3 is 1. The van der Waals surface area contributed by atoms with E-state index < -0.39 is 11.9 Å². The number of carboxylic acid groups (broad SMARTS) is 1. The normalized spacial score (nSPS) is 10.5. The number of aryl methyl sites for hydroxylation is 2. The summed E-state index contributed by atoms with van der Waals surface area (Å²) in [5.74, 6) is -1.07. The van der Waals surface area contributed by atoms with Crippen LogP contribution in [0.4, 0.5) is 0 Å². The number of hydrogen-bond donors (Lipinski definition) is 1. The topological polar surface area (TPSA) is 92.9 Å². The molecule has 7 nitrogen and oxygen atoms in total. The number of aromatic nitrogens is 1. The van der Waals surface area contributed by atoms with Gasteiger partial charge in [0.05, 0.1) is 12.3 Å². The van der Waals surface area contributed by atoms with Crippen LogP contribution >= 0.6 is 0 Å². The summed E-state index contributed by atoms with van der Waals surface area (Å²) < 4.78 is 9.87. The Morgan fingerprint density at radius 1 is 1.47 bits per heavy atom. The summed E-state index contributed by atoms with van der Waals surface area (Å²) in [6, 6.07) is 0. The van der Waals surface area contributed by atoms with Crippen LogP contribution in [0.1, 0.15) is 28.7 Å². The molecule has 0 atom stereocenters. The Labute approximate surface area is 111 Å². The molecule has 0 aliphatic heterocycles. The molecule has 0 saturated carbocycles. The van der Waals surface area contributed by atoms with Crippen LogP contribution in [0.25, 0.3) is 0 Å². The lowest BCUT2D eigenvalue weighted by atomic mass is 10.1. The number of rotatable bonds is 7. The number of aliphatic carboxylic acids is 1. The van der Waals surface area contributed by atoms with Crippen molar-refractivity contribution in [1.82, 2.24) is 10.1 Å². The minimum absolute atomic E-state index is 0.204. The lowest BCUT2D eigenvalue weighted by Crippen LogP contribution is -2.38. The predicted octanol–water partition coefficient (Wildman–Crippen LogP) is 0.719. The lowest BCUT2D eigenvalue weighted by Gasteiger charge is -2.20. The third-order valence-corrected chi connectivity index (χ3v) is 2.66. The molecule has 1 aromatic heterocycles. The van der Waals surface area contributed by atoms with Gasteiger partial charge in [-0.15, -0.1) is 0 Å². The molecule has 0 fully saturated rings. The van der Waals surface area contributed by atoms with Gasteiger partial charge in [0.2, 0.25) is 0 Å². The van der Waals surface area contributed by atoms with Crippen LogP contribution in [0, 0.1) is 6.92 Å². The van der Waals surface area contributed by atoms with E-state index in [1.165, 1.54) is 12.0 Å². The van der Waals surface area contributed by atoms with Crippen molar-refractivity contribution in [2.45, 2.75) is 20.3 Å². The Kier molecular flexibility index (Phi) is 5.50. The monoisotopic (exact) mass is 270 g/mol. The minimum atomic E-state index is -1.07. The second-order valence-electron chi connectivity index (χ2n) is 4.03. The van der Waals surface area contributed by atoms with E-state index in [1.54, 1.807) is 6.92 Å². The first kappa shape index (κ1) is 15.2. The maximum Gasteiger partial charge on any atom is 0.323 e. The summed E-state index contributed by atoms with van der Waals surface area (Å²) in [7, 11) is 1.49. The van der Waals surface area contributed by atoms with Gasteiger partial charge in [-0.1, -0.05) is 12.1 Å². The van der Waals surface area contributed by atoms with E-state index in [1.807, 2.05) is 6.92 Å². The summed E-state index contributed by atoms with van der Waals surface area (Å²) in [4.78, 5) is 24.4. The first-order chi connectivity index (χ1) is 9.01. The Balaban J connectivity index is 2.97. The van der Waals surface area contributed by atoms with Gasteiger partial charge in [-0.3, -0.25) is 9.59 Å². The Hall–Kier alpha value is -1.89. The van der Waals surface area contributed by atoms with Crippen LogP contribution in [0.15, 0.2) is 4.52 Å². The number of hydrogen-bond acceptors (Lipinski definition) is 5. The molecule has 1 heterocycles. The average Bonchev–Trinajstić information content (AvgIpc) is 2.74. The molecule has 1 N–H and O–H groups in total. The lowest BCUT2D eigenvalue weighted by molar-refractivity contribution is -0.137. The molecule has 19 heavy (non-hydrogen) atoms. The summed E-state index contributed by atoms with van der Waals surface area (Å²) in [5.41, 5.74) is 0.884. The molecule has 1 aromatic rings. The number of nitrogens with zero attached hydrogens (tertiary/aromatic N) is 2. The van der Waals surface area contributed by atoms with E-state index in [0.29, 0.717) is 23.4 Å². The summed E-state index contributed by atoms with van der Waals surface area (Å²) in [6.45, 7) is 3.58. The van der Waals surface area contributed by atoms with E-state index in [-0.39, 0.29) is 19.7 Å². The van der Waals surface area contributed by atoms with Gasteiger partial charge in [0.15, 0.2) is 0 Å². The maximum atomic E-state index is 12.4. The zero-order valence-electron chi connectivity index (χ0n) is 11.3. The highest BCUT2D eigenvalue weighted by molar-refractivity contribution is 5.97. The second kappa shape index (κ2) is 6.89. The molecule has 0 saturated heterocycles. The molecule has 7 heteroatoms. The molecule has 1 amide bonds. The fourth-order valence-electron chi connectivity index (χ4n) is 1.71. The highest BCUT2D eigenvalue weighted by Crippen LogP contribution is 2.16. The van der Waals surface area contributed by atoms with E-state index in [9.17, 15) is 9.59 Å². The SMILES string of the molecule is CCc1noc(C)c1C(=O)N(CCOC)CC(=O)O. The van der Waals surface area contributed by atoms with Gasteiger partial charge >= 0.3 is 5.97 Å². The molecule has 0 radical (unpaired) electrons. The van der Waals surface area contributed by atoms with Crippen LogP contribution in [0.3, 0.4) is 0 Å². The molecule has 0 spiro atoms. The minimum Gasteiger partial charge on any atom is -0.480 e. The molecule has 106 valence electrons. The molecule has 0 aliphatic rings. The van der Waals surface area contributed by atoms with Crippen LogP contribution in [-0.4, -0.2) is 53.8 Å². The Morgan fingerprint density at radius 3 is 2.68 bits per heavy atom. The van der Waals surface area contributed by atoms with Gasteiger partial charge in [0.25, 0.3) is 5.91 Å². The van der Waals surface area contributed by atoms with Crippen molar-refractivity contribution in [1.29, 1.82) is 0 Å². The molecule has 1 rings (SSSR count). The fraction of sp³-hybridized carbons (Fsp3) is 0.583. The number of carboxylic acids is 1. The van der Waals surface area contributed by atoms with E-state index in [4.69, 9.17) is 14.4 Å². The van der Waals surface area contributed by atoms with Gasteiger partial charge in [-0.25, -0.2) is 0 Å². The molecular formula is C12H18N2O5. The van der Waals surface area contributed by atoms with Gasteiger partial charge in [0, 0.05) is 13.7 Å². The molecule has 0 aromatic carbocycles. The molecular weight excluding hydrogens is 252 g/mol. The first-order valence-electron chi connectivity index (χ1n) is 5.96. The molecule has 0 aliphatic carbocycles. The largest absolute Gasteiger partial charge is 0.480 e. The van der Waals surface area contributed by atoms with Gasteiger partial charge in [0.1, 0.15) is 17.9 Å².